The Hall–Kier alpha value is -1.99. The predicted molar refractivity (Wildman–Crippen MR) is 183 cm³/mol. The van der Waals surface area contributed by atoms with Crippen LogP contribution in [0.1, 0.15) is 147 Å². The van der Waals surface area contributed by atoms with E-state index in [9.17, 15) is 5.53 Å². The SMILES string of the molecule is CCCCCCC1=C(c2cccc(CCCCC)c2)[N+](=[N-])C(c2ccc(CCCC)cc2)=C1.[CH2-]CCC.[CH2-]CCC.[Ni+2]. The van der Waals surface area contributed by atoms with Crippen LogP contribution >= 0.6 is 0 Å². The van der Waals surface area contributed by atoms with Crippen LogP contribution in [0.15, 0.2) is 60.2 Å². The summed E-state index contributed by atoms with van der Waals surface area (Å²) in [6, 6.07) is 17.6. The van der Waals surface area contributed by atoms with Crippen molar-refractivity contribution in [3.8, 4) is 0 Å². The first kappa shape index (κ1) is 40.0. The van der Waals surface area contributed by atoms with E-state index < -0.39 is 0 Å². The number of unbranched alkanes of at least 4 members (excludes halogenated alkanes) is 8. The zero-order valence-corrected chi connectivity index (χ0v) is 28.6. The van der Waals surface area contributed by atoms with Gasteiger partial charge in [0.25, 0.3) is 0 Å². The number of hydrogen-bond acceptors (Lipinski definition) is 0. The first-order chi connectivity index (χ1) is 20.0. The largest absolute Gasteiger partial charge is 2.00 e. The molecule has 0 amide bonds. The van der Waals surface area contributed by atoms with Crippen LogP contribution in [0, 0.1) is 13.8 Å². The average Bonchev–Trinajstić information content (AvgIpc) is 3.34. The van der Waals surface area contributed by atoms with E-state index in [1.54, 1.807) is 0 Å². The molecule has 2 aromatic carbocycles. The van der Waals surface area contributed by atoms with Gasteiger partial charge in [0, 0.05) is 22.8 Å². The van der Waals surface area contributed by atoms with Crippen molar-refractivity contribution in [1.82, 2.24) is 0 Å². The zero-order valence-electron chi connectivity index (χ0n) is 27.6. The van der Waals surface area contributed by atoms with E-state index in [0.29, 0.717) is 0 Å². The van der Waals surface area contributed by atoms with Crippen molar-refractivity contribution in [3.63, 3.8) is 0 Å². The third-order valence-electron chi connectivity index (χ3n) is 7.40. The molecule has 1 aliphatic heterocycles. The van der Waals surface area contributed by atoms with Gasteiger partial charge >= 0.3 is 16.5 Å². The average molecular weight is 616 g/mol. The van der Waals surface area contributed by atoms with E-state index in [-0.39, 0.29) is 16.5 Å². The van der Waals surface area contributed by atoms with Crippen LogP contribution in [-0.4, -0.2) is 4.70 Å². The van der Waals surface area contributed by atoms with Crippen LogP contribution in [0.3, 0.4) is 0 Å². The van der Waals surface area contributed by atoms with Gasteiger partial charge in [-0.15, -0.1) is 0 Å². The molecule has 0 saturated carbocycles. The fourth-order valence-corrected chi connectivity index (χ4v) is 4.67. The monoisotopic (exact) mass is 614 g/mol. The van der Waals surface area contributed by atoms with Gasteiger partial charge in [-0.2, -0.15) is 12.8 Å². The molecule has 0 saturated heterocycles. The molecule has 3 heteroatoms. The number of hydrogen-bond donors (Lipinski definition) is 0. The number of aryl methyl sites for hydroxylation is 2. The third kappa shape index (κ3) is 15.0. The van der Waals surface area contributed by atoms with Gasteiger partial charge in [0.05, 0.1) is 0 Å². The maximum atomic E-state index is 11.4. The number of benzene rings is 2. The molecule has 0 aromatic heterocycles. The van der Waals surface area contributed by atoms with Crippen LogP contribution in [0.4, 0.5) is 0 Å². The number of rotatable bonds is 16. The van der Waals surface area contributed by atoms with Crippen LogP contribution in [0.2, 0.25) is 0 Å². The fourth-order valence-electron chi connectivity index (χ4n) is 4.67. The van der Waals surface area contributed by atoms with Crippen LogP contribution in [0.25, 0.3) is 16.9 Å². The van der Waals surface area contributed by atoms with Crippen LogP contribution in [-0.2, 0) is 29.3 Å². The van der Waals surface area contributed by atoms with Gasteiger partial charge in [-0.3, -0.25) is 0 Å². The van der Waals surface area contributed by atoms with E-state index in [1.807, 2.05) is 0 Å². The molecule has 3 rings (SSSR count). The molecule has 0 fully saturated rings. The molecule has 0 N–H and O–H groups in total. The van der Waals surface area contributed by atoms with Crippen molar-refractivity contribution in [2.24, 2.45) is 0 Å². The topological polar surface area (TPSA) is 25.3 Å². The number of nitrogens with zero attached hydrogens (tertiary/aromatic N) is 2. The first-order valence-electron chi connectivity index (χ1n) is 16.7. The molecule has 236 valence electrons. The summed E-state index contributed by atoms with van der Waals surface area (Å²) < 4.78 is 1.45. The van der Waals surface area contributed by atoms with E-state index >= 15 is 0 Å². The minimum Gasteiger partial charge on any atom is -0.493 e. The molecule has 1 aliphatic rings. The predicted octanol–water partition coefficient (Wildman–Crippen LogP) is 12.8. The Bertz CT molecular complexity index is 1020. The summed E-state index contributed by atoms with van der Waals surface area (Å²) in [7, 11) is 0. The van der Waals surface area contributed by atoms with Crippen LogP contribution < -0.4 is 0 Å². The second-order valence-corrected chi connectivity index (χ2v) is 11.2. The second kappa shape index (κ2) is 25.5. The fraction of sp³-hybridized carbons (Fsp3) is 0.538. The quantitative estimate of drug-likeness (QED) is 0.0777. The van der Waals surface area contributed by atoms with E-state index in [0.717, 1.165) is 61.0 Å². The molecule has 0 bridgehead atoms. The summed E-state index contributed by atoms with van der Waals surface area (Å²) >= 11 is 0. The van der Waals surface area contributed by atoms with Crippen molar-refractivity contribution in [1.29, 1.82) is 0 Å². The van der Waals surface area contributed by atoms with E-state index in [4.69, 9.17) is 0 Å². The Labute approximate surface area is 270 Å². The summed E-state index contributed by atoms with van der Waals surface area (Å²) in [5.74, 6) is 0. The maximum Gasteiger partial charge on any atom is 2.00 e. The standard InChI is InChI=1S/C31H42N2.2C4H9.Ni/c1-4-7-10-12-17-29-24-30(27-21-19-25(20-22-27)14-9-6-3)33(32)31(29)28-18-13-16-26(23-28)15-11-8-5-2;2*1-3-4-2;/h13,16,18-24H,4-12,14-15,17H2,1-3H3;2*1,3-4H2,2H3;/q;2*-1;+2. The molecule has 1 heterocycles. The van der Waals surface area contributed by atoms with Crippen molar-refractivity contribution in [2.75, 3.05) is 0 Å². The third-order valence-corrected chi connectivity index (χ3v) is 7.40. The summed E-state index contributed by atoms with van der Waals surface area (Å²) in [6.07, 6.45) is 21.1. The summed E-state index contributed by atoms with van der Waals surface area (Å²) in [4.78, 5) is 0. The molecule has 0 atom stereocenters. The Kier molecular flexibility index (Phi) is 24.3. The second-order valence-electron chi connectivity index (χ2n) is 11.2. The molecule has 0 radical (unpaired) electrons. The van der Waals surface area contributed by atoms with Gasteiger partial charge in [-0.25, -0.2) is 4.70 Å². The van der Waals surface area contributed by atoms with Gasteiger partial charge in [-0.1, -0.05) is 110 Å². The molecule has 2 nitrogen and oxygen atoms in total. The summed E-state index contributed by atoms with van der Waals surface area (Å²) in [5.41, 5.74) is 19.4. The Morgan fingerprint density at radius 1 is 0.595 bits per heavy atom. The molecule has 42 heavy (non-hydrogen) atoms. The Morgan fingerprint density at radius 2 is 1.14 bits per heavy atom. The number of allylic oxidation sites excluding steroid dienone is 2. The van der Waals surface area contributed by atoms with Gasteiger partial charge in [0.1, 0.15) is 0 Å². The van der Waals surface area contributed by atoms with Crippen LogP contribution in [0.5, 0.6) is 0 Å². The van der Waals surface area contributed by atoms with Gasteiger partial charge in [-0.05, 0) is 73.9 Å². The Balaban J connectivity index is 0.00000166. The summed E-state index contributed by atoms with van der Waals surface area (Å²) in [5, 5.41) is 0. The normalized spacial score (nSPS) is 12.2. The van der Waals surface area contributed by atoms with Crippen molar-refractivity contribution < 1.29 is 21.2 Å². The van der Waals surface area contributed by atoms with Gasteiger partial charge in [0.2, 0.25) is 11.4 Å². The maximum absolute atomic E-state index is 11.4. The minimum absolute atomic E-state index is 0. The smallest absolute Gasteiger partial charge is 0.493 e. The minimum atomic E-state index is 0. The Morgan fingerprint density at radius 3 is 1.71 bits per heavy atom. The molecular formula is C39H60N2Ni. The molecular weight excluding hydrogens is 555 g/mol. The van der Waals surface area contributed by atoms with Gasteiger partial charge < -0.3 is 19.4 Å². The summed E-state index contributed by atoms with van der Waals surface area (Å²) in [6.45, 7) is 18.2. The van der Waals surface area contributed by atoms with E-state index in [2.05, 4.69) is 103 Å². The van der Waals surface area contributed by atoms with Crippen molar-refractivity contribution in [2.45, 2.75) is 137 Å². The first-order valence-corrected chi connectivity index (χ1v) is 16.7. The molecule has 2 aromatic rings. The molecule has 0 spiro atoms. The van der Waals surface area contributed by atoms with Gasteiger partial charge in [0.15, 0.2) is 0 Å². The molecule has 0 aliphatic carbocycles. The van der Waals surface area contributed by atoms with Crippen molar-refractivity contribution in [3.05, 3.63) is 102 Å². The van der Waals surface area contributed by atoms with E-state index in [1.165, 1.54) is 85.6 Å². The van der Waals surface area contributed by atoms with Crippen molar-refractivity contribution >= 4 is 11.4 Å². The zero-order chi connectivity index (χ0) is 30.3. The molecule has 0 unspecified atom stereocenters.